The summed E-state index contributed by atoms with van der Waals surface area (Å²) in [5.74, 6) is 3.49. The van der Waals surface area contributed by atoms with E-state index in [1.807, 2.05) is 84.9 Å². The molecule has 0 aliphatic carbocycles. The number of ether oxygens (including phenoxy) is 2. The average Bonchev–Trinajstić information content (AvgIpc) is 2.80. The summed E-state index contributed by atoms with van der Waals surface area (Å²) in [4.78, 5) is 0. The Morgan fingerprint density at radius 2 is 0.700 bits per heavy atom. The van der Waals surface area contributed by atoms with Gasteiger partial charge in [-0.05, 0) is 85.3 Å². The summed E-state index contributed by atoms with van der Waals surface area (Å²) in [6.07, 6.45) is 4.50. The zero-order valence-electron chi connectivity index (χ0n) is 17.0. The molecule has 0 aliphatic heterocycles. The van der Waals surface area contributed by atoms with Crippen LogP contribution in [0.3, 0.4) is 0 Å². The van der Waals surface area contributed by atoms with Gasteiger partial charge in [-0.15, -0.1) is 0 Å². The molecule has 0 spiro atoms. The fourth-order valence-electron chi connectivity index (χ4n) is 3.36. The Kier molecular flexibility index (Phi) is 6.80. The largest absolute Gasteiger partial charge is 0.457 e. The molecule has 0 bridgehead atoms. The van der Waals surface area contributed by atoms with Crippen LogP contribution in [0, 0.1) is 0 Å². The first-order valence-corrected chi connectivity index (χ1v) is 10.5. The van der Waals surface area contributed by atoms with Crippen molar-refractivity contribution < 1.29 is 9.47 Å². The molecule has 0 atom stereocenters. The Hall–Kier alpha value is -3.52. The highest BCUT2D eigenvalue weighted by molar-refractivity contribution is 5.34. The lowest BCUT2D eigenvalue weighted by atomic mass is 10.0. The molecule has 150 valence electrons. The van der Waals surface area contributed by atoms with Gasteiger partial charge in [0.05, 0.1) is 0 Å². The van der Waals surface area contributed by atoms with Gasteiger partial charge in [-0.1, -0.05) is 60.7 Å². The molecule has 0 amide bonds. The molecule has 0 aromatic heterocycles. The molecule has 0 heterocycles. The summed E-state index contributed by atoms with van der Waals surface area (Å²) < 4.78 is 11.7. The first-order chi connectivity index (χ1) is 14.8. The molecule has 0 radical (unpaired) electrons. The third-order valence-electron chi connectivity index (χ3n) is 4.99. The van der Waals surface area contributed by atoms with Crippen molar-refractivity contribution in [2.45, 2.75) is 25.7 Å². The minimum Gasteiger partial charge on any atom is -0.457 e. The van der Waals surface area contributed by atoms with Gasteiger partial charge in [0.1, 0.15) is 23.0 Å². The third-order valence-corrected chi connectivity index (χ3v) is 4.99. The molecule has 2 nitrogen and oxygen atoms in total. The fourth-order valence-corrected chi connectivity index (χ4v) is 3.36. The first-order valence-electron chi connectivity index (χ1n) is 10.5. The lowest BCUT2D eigenvalue weighted by molar-refractivity contribution is 0.482. The fraction of sp³-hybridized carbons (Fsp3) is 0.143. The van der Waals surface area contributed by atoms with Crippen LogP contribution in [0.2, 0.25) is 0 Å². The van der Waals surface area contributed by atoms with Gasteiger partial charge in [0.15, 0.2) is 0 Å². The summed E-state index contributed by atoms with van der Waals surface area (Å²) in [7, 11) is 0. The van der Waals surface area contributed by atoms with Gasteiger partial charge in [-0.3, -0.25) is 0 Å². The number of hydrogen-bond donors (Lipinski definition) is 0. The lowest BCUT2D eigenvalue weighted by Gasteiger charge is -2.08. The van der Waals surface area contributed by atoms with Crippen molar-refractivity contribution in [2.75, 3.05) is 0 Å². The van der Waals surface area contributed by atoms with Crippen LogP contribution in [0.25, 0.3) is 0 Å². The topological polar surface area (TPSA) is 18.5 Å². The van der Waals surface area contributed by atoms with E-state index in [9.17, 15) is 0 Å². The third kappa shape index (κ3) is 5.99. The quantitative estimate of drug-likeness (QED) is 0.269. The zero-order valence-corrected chi connectivity index (χ0v) is 17.0. The number of unbranched alkanes of at least 4 members (excludes halogenated alkanes) is 1. The van der Waals surface area contributed by atoms with Crippen molar-refractivity contribution in [1.29, 1.82) is 0 Å². The summed E-state index contributed by atoms with van der Waals surface area (Å²) in [6.45, 7) is 0. The maximum Gasteiger partial charge on any atom is 0.127 e. The first kappa shape index (κ1) is 19.8. The van der Waals surface area contributed by atoms with E-state index in [2.05, 4.69) is 24.3 Å². The van der Waals surface area contributed by atoms with Crippen molar-refractivity contribution in [3.05, 3.63) is 120 Å². The van der Waals surface area contributed by atoms with Crippen molar-refractivity contribution in [1.82, 2.24) is 0 Å². The number of para-hydroxylation sites is 2. The van der Waals surface area contributed by atoms with Gasteiger partial charge in [-0.2, -0.15) is 0 Å². The van der Waals surface area contributed by atoms with Crippen LogP contribution < -0.4 is 9.47 Å². The second-order valence-corrected chi connectivity index (χ2v) is 7.33. The Bertz CT molecular complexity index is 921. The number of aryl methyl sites for hydroxylation is 2. The highest BCUT2D eigenvalue weighted by Crippen LogP contribution is 2.23. The molecule has 0 saturated carbocycles. The van der Waals surface area contributed by atoms with Gasteiger partial charge in [0.2, 0.25) is 0 Å². The predicted octanol–water partition coefficient (Wildman–Crippen LogP) is 7.84. The van der Waals surface area contributed by atoms with Crippen LogP contribution in [-0.4, -0.2) is 0 Å². The molecule has 0 unspecified atom stereocenters. The van der Waals surface area contributed by atoms with Crippen molar-refractivity contribution in [3.8, 4) is 23.0 Å². The van der Waals surface area contributed by atoms with E-state index < -0.39 is 0 Å². The van der Waals surface area contributed by atoms with E-state index in [1.54, 1.807) is 0 Å². The van der Waals surface area contributed by atoms with E-state index >= 15 is 0 Å². The minimum atomic E-state index is 0.866. The van der Waals surface area contributed by atoms with Crippen LogP contribution >= 0.6 is 0 Å². The number of hydrogen-bond acceptors (Lipinski definition) is 2. The Morgan fingerprint density at radius 3 is 1.07 bits per heavy atom. The van der Waals surface area contributed by atoms with Gasteiger partial charge in [0.25, 0.3) is 0 Å². The normalized spacial score (nSPS) is 10.5. The van der Waals surface area contributed by atoms with Crippen molar-refractivity contribution in [2.24, 2.45) is 0 Å². The van der Waals surface area contributed by atoms with E-state index in [1.165, 1.54) is 24.0 Å². The van der Waals surface area contributed by atoms with Gasteiger partial charge in [-0.25, -0.2) is 0 Å². The Morgan fingerprint density at radius 1 is 0.367 bits per heavy atom. The van der Waals surface area contributed by atoms with Gasteiger partial charge in [0, 0.05) is 0 Å². The van der Waals surface area contributed by atoms with Crippen LogP contribution in [-0.2, 0) is 12.8 Å². The molecule has 2 heteroatoms. The van der Waals surface area contributed by atoms with E-state index in [4.69, 9.17) is 9.47 Å². The van der Waals surface area contributed by atoms with E-state index in [-0.39, 0.29) is 0 Å². The molecule has 0 aliphatic rings. The summed E-state index contributed by atoms with van der Waals surface area (Å²) in [5, 5.41) is 0. The second kappa shape index (κ2) is 10.3. The lowest BCUT2D eigenvalue weighted by Crippen LogP contribution is -1.91. The SMILES string of the molecule is c1ccc(Oc2ccc(CCCCc3ccc(Oc4ccccc4)cc3)cc2)cc1. The highest BCUT2D eigenvalue weighted by atomic mass is 16.5. The molecular formula is C28H26O2. The van der Waals surface area contributed by atoms with Crippen molar-refractivity contribution in [3.63, 3.8) is 0 Å². The average molecular weight is 395 g/mol. The smallest absolute Gasteiger partial charge is 0.127 e. The van der Waals surface area contributed by atoms with E-state index in [0.29, 0.717) is 0 Å². The zero-order chi connectivity index (χ0) is 20.4. The molecular weight excluding hydrogens is 368 g/mol. The molecule has 0 N–H and O–H groups in total. The molecule has 4 aromatic carbocycles. The maximum atomic E-state index is 5.85. The summed E-state index contributed by atoms with van der Waals surface area (Å²) in [6, 6.07) is 36.6. The summed E-state index contributed by atoms with van der Waals surface area (Å²) in [5.41, 5.74) is 2.70. The van der Waals surface area contributed by atoms with E-state index in [0.717, 1.165) is 35.8 Å². The molecule has 4 aromatic rings. The molecule has 0 saturated heterocycles. The molecule has 4 rings (SSSR count). The number of rotatable bonds is 9. The van der Waals surface area contributed by atoms with Gasteiger partial charge < -0.3 is 9.47 Å². The van der Waals surface area contributed by atoms with Crippen LogP contribution in [0.5, 0.6) is 23.0 Å². The highest BCUT2D eigenvalue weighted by Gasteiger charge is 2.00. The monoisotopic (exact) mass is 394 g/mol. The van der Waals surface area contributed by atoms with Crippen LogP contribution in [0.4, 0.5) is 0 Å². The Labute approximate surface area is 178 Å². The maximum absolute atomic E-state index is 5.85. The minimum absolute atomic E-state index is 0.866. The Balaban J connectivity index is 1.19. The summed E-state index contributed by atoms with van der Waals surface area (Å²) >= 11 is 0. The number of benzene rings is 4. The second-order valence-electron chi connectivity index (χ2n) is 7.33. The van der Waals surface area contributed by atoms with Crippen LogP contribution in [0.1, 0.15) is 24.0 Å². The van der Waals surface area contributed by atoms with Crippen molar-refractivity contribution >= 4 is 0 Å². The standard InChI is InChI=1S/C28H26O2/c1-3-11-25(12-4-1)29-27-19-15-23(16-20-27)9-7-8-10-24-17-21-28(22-18-24)30-26-13-5-2-6-14-26/h1-6,11-22H,7-10H2. The van der Waals surface area contributed by atoms with Gasteiger partial charge >= 0.3 is 0 Å². The molecule has 30 heavy (non-hydrogen) atoms. The molecule has 0 fully saturated rings. The van der Waals surface area contributed by atoms with Crippen LogP contribution in [0.15, 0.2) is 109 Å². The predicted molar refractivity (Wildman–Crippen MR) is 123 cm³/mol.